The molecule has 0 aromatic heterocycles. The van der Waals surface area contributed by atoms with Gasteiger partial charge in [-0.15, -0.1) is 0 Å². The Morgan fingerprint density at radius 1 is 1.40 bits per heavy atom. The van der Waals surface area contributed by atoms with Crippen LogP contribution in [0.1, 0.15) is 37.5 Å². The average Bonchev–Trinajstić information content (AvgIpc) is 2.32. The molecule has 0 saturated heterocycles. The highest BCUT2D eigenvalue weighted by atomic mass is 19.3. The molecular formula is C16H21F2NO. The number of hydrogen-bond acceptors (Lipinski definition) is 2. The first-order valence-corrected chi connectivity index (χ1v) is 6.51. The van der Waals surface area contributed by atoms with Crippen LogP contribution in [0.15, 0.2) is 24.3 Å². The van der Waals surface area contributed by atoms with Crippen LogP contribution in [-0.4, -0.2) is 5.78 Å². The van der Waals surface area contributed by atoms with Crippen LogP contribution in [0.4, 0.5) is 14.5 Å². The molecule has 1 aromatic rings. The summed E-state index contributed by atoms with van der Waals surface area (Å²) in [6.45, 7) is 9.58. The van der Waals surface area contributed by atoms with Gasteiger partial charge in [0, 0.05) is 17.2 Å². The van der Waals surface area contributed by atoms with E-state index in [-0.39, 0.29) is 28.5 Å². The molecule has 20 heavy (non-hydrogen) atoms. The maximum atomic E-state index is 14.1. The van der Waals surface area contributed by atoms with Crippen LogP contribution in [0.25, 0.3) is 0 Å². The Labute approximate surface area is 118 Å². The number of benzene rings is 1. The molecule has 0 fully saturated rings. The summed E-state index contributed by atoms with van der Waals surface area (Å²) < 4.78 is 28.3. The molecule has 0 amide bonds. The van der Waals surface area contributed by atoms with E-state index in [0.29, 0.717) is 17.5 Å². The molecule has 1 atom stereocenters. The van der Waals surface area contributed by atoms with Crippen LogP contribution in [-0.2, 0) is 17.1 Å². The molecule has 110 valence electrons. The predicted molar refractivity (Wildman–Crippen MR) is 77.8 cm³/mol. The zero-order valence-corrected chi connectivity index (χ0v) is 12.4. The van der Waals surface area contributed by atoms with Crippen molar-refractivity contribution in [2.75, 3.05) is 5.73 Å². The van der Waals surface area contributed by atoms with Gasteiger partial charge in [-0.1, -0.05) is 19.6 Å². The number of allylic oxidation sites excluding steroid dienone is 1. The van der Waals surface area contributed by atoms with Crippen LogP contribution in [0, 0.1) is 12.8 Å². The van der Waals surface area contributed by atoms with Crippen molar-refractivity contribution < 1.29 is 13.6 Å². The fourth-order valence-corrected chi connectivity index (χ4v) is 1.98. The summed E-state index contributed by atoms with van der Waals surface area (Å²) in [5.41, 5.74) is 6.66. The SMILES string of the molecule is C=C(C)C(F)(F)c1cc(C[C@@H](C)C(C)=O)cc(C)c1N. The number of nitrogens with two attached hydrogens (primary N) is 1. The molecule has 2 N–H and O–H groups in total. The molecular weight excluding hydrogens is 260 g/mol. The van der Waals surface area contributed by atoms with Gasteiger partial charge in [0.25, 0.3) is 5.92 Å². The Hall–Kier alpha value is -1.71. The second-order valence-corrected chi connectivity index (χ2v) is 5.44. The number of carbonyl (C=O) groups is 1. The number of anilines is 1. The lowest BCUT2D eigenvalue weighted by atomic mass is 9.91. The fraction of sp³-hybridized carbons (Fsp3) is 0.438. The van der Waals surface area contributed by atoms with Crippen LogP contribution in [0.5, 0.6) is 0 Å². The maximum Gasteiger partial charge on any atom is 0.296 e. The van der Waals surface area contributed by atoms with Gasteiger partial charge >= 0.3 is 0 Å². The number of carbonyl (C=O) groups excluding carboxylic acids is 1. The van der Waals surface area contributed by atoms with Gasteiger partial charge in [-0.05, 0) is 50.0 Å². The quantitative estimate of drug-likeness (QED) is 0.654. The van der Waals surface area contributed by atoms with Gasteiger partial charge in [0.1, 0.15) is 5.78 Å². The fourth-order valence-electron chi connectivity index (χ4n) is 1.98. The monoisotopic (exact) mass is 281 g/mol. The third kappa shape index (κ3) is 3.24. The van der Waals surface area contributed by atoms with E-state index in [9.17, 15) is 13.6 Å². The van der Waals surface area contributed by atoms with Crippen molar-refractivity contribution in [1.82, 2.24) is 0 Å². The minimum atomic E-state index is -3.16. The van der Waals surface area contributed by atoms with Crippen molar-refractivity contribution in [2.45, 2.75) is 40.0 Å². The summed E-state index contributed by atoms with van der Waals surface area (Å²) in [7, 11) is 0. The van der Waals surface area contributed by atoms with Gasteiger partial charge in [-0.2, -0.15) is 8.78 Å². The molecule has 1 rings (SSSR count). The van der Waals surface area contributed by atoms with Gasteiger partial charge in [-0.3, -0.25) is 4.79 Å². The van der Waals surface area contributed by atoms with Gasteiger partial charge in [0.2, 0.25) is 0 Å². The molecule has 0 radical (unpaired) electrons. The Morgan fingerprint density at radius 2 is 1.95 bits per heavy atom. The number of hydrogen-bond donors (Lipinski definition) is 1. The maximum absolute atomic E-state index is 14.1. The molecule has 0 aliphatic carbocycles. The molecule has 4 heteroatoms. The van der Waals surface area contributed by atoms with Gasteiger partial charge < -0.3 is 5.73 Å². The second-order valence-electron chi connectivity index (χ2n) is 5.44. The van der Waals surface area contributed by atoms with E-state index in [1.807, 2.05) is 0 Å². The third-order valence-electron chi connectivity index (χ3n) is 3.56. The first-order valence-electron chi connectivity index (χ1n) is 6.51. The van der Waals surface area contributed by atoms with Crippen molar-refractivity contribution in [3.63, 3.8) is 0 Å². The second kappa shape index (κ2) is 5.73. The molecule has 0 spiro atoms. The highest BCUT2D eigenvalue weighted by Gasteiger charge is 2.35. The summed E-state index contributed by atoms with van der Waals surface area (Å²) in [6, 6.07) is 3.14. The molecule has 0 heterocycles. The van der Waals surface area contributed by atoms with Crippen molar-refractivity contribution in [2.24, 2.45) is 5.92 Å². The zero-order chi connectivity index (χ0) is 15.7. The summed E-state index contributed by atoms with van der Waals surface area (Å²) in [5.74, 6) is -3.33. The van der Waals surface area contributed by atoms with Crippen LogP contribution in [0.2, 0.25) is 0 Å². The molecule has 0 aliphatic heterocycles. The van der Waals surface area contributed by atoms with Crippen molar-refractivity contribution in [3.05, 3.63) is 41.0 Å². The summed E-state index contributed by atoms with van der Waals surface area (Å²) >= 11 is 0. The largest absolute Gasteiger partial charge is 0.398 e. The lowest BCUT2D eigenvalue weighted by Gasteiger charge is -2.21. The van der Waals surface area contributed by atoms with E-state index >= 15 is 0 Å². The minimum Gasteiger partial charge on any atom is -0.398 e. The van der Waals surface area contributed by atoms with Gasteiger partial charge in [0.05, 0.1) is 0 Å². The van der Waals surface area contributed by atoms with Gasteiger partial charge in [-0.25, -0.2) is 0 Å². The van der Waals surface area contributed by atoms with E-state index in [4.69, 9.17) is 5.73 Å². The normalized spacial score (nSPS) is 13.1. The predicted octanol–water partition coefficient (Wildman–Crippen LogP) is 4.01. The van der Waals surface area contributed by atoms with E-state index in [2.05, 4.69) is 6.58 Å². The van der Waals surface area contributed by atoms with Crippen molar-refractivity contribution in [3.8, 4) is 0 Å². The number of rotatable bonds is 5. The first-order chi connectivity index (χ1) is 9.07. The highest BCUT2D eigenvalue weighted by molar-refractivity contribution is 5.78. The van der Waals surface area contributed by atoms with Crippen molar-refractivity contribution in [1.29, 1.82) is 0 Å². The lowest BCUT2D eigenvalue weighted by molar-refractivity contribution is -0.120. The first kappa shape index (κ1) is 16.3. The van der Waals surface area contributed by atoms with Crippen LogP contribution >= 0.6 is 0 Å². The topological polar surface area (TPSA) is 43.1 Å². The van der Waals surface area contributed by atoms with E-state index < -0.39 is 5.92 Å². The lowest BCUT2D eigenvalue weighted by Crippen LogP contribution is -2.18. The Morgan fingerprint density at radius 3 is 2.40 bits per heavy atom. The Kier molecular flexibility index (Phi) is 4.69. The molecule has 2 nitrogen and oxygen atoms in total. The van der Waals surface area contributed by atoms with Crippen LogP contribution < -0.4 is 5.73 Å². The zero-order valence-electron chi connectivity index (χ0n) is 12.4. The van der Waals surface area contributed by atoms with Crippen LogP contribution in [0.3, 0.4) is 0 Å². The van der Waals surface area contributed by atoms with E-state index in [1.165, 1.54) is 19.9 Å². The number of nitrogen functional groups attached to an aromatic ring is 1. The number of ketones is 1. The summed E-state index contributed by atoms with van der Waals surface area (Å²) in [4.78, 5) is 11.3. The molecule has 0 unspecified atom stereocenters. The summed E-state index contributed by atoms with van der Waals surface area (Å²) in [5, 5.41) is 0. The molecule has 0 bridgehead atoms. The van der Waals surface area contributed by atoms with Gasteiger partial charge in [0.15, 0.2) is 0 Å². The number of aryl methyl sites for hydroxylation is 1. The Bertz CT molecular complexity index is 550. The smallest absolute Gasteiger partial charge is 0.296 e. The number of halogens is 2. The summed E-state index contributed by atoms with van der Waals surface area (Å²) in [6.07, 6.45) is 0.426. The highest BCUT2D eigenvalue weighted by Crippen LogP contribution is 2.39. The standard InChI is InChI=1S/C16H21F2NO/c1-9(2)16(17,18)14-8-13(6-10(3)12(5)20)7-11(4)15(14)19/h7-8,10H,1,6,19H2,2-5H3/t10-/m1/s1. The number of alkyl halides is 2. The number of Topliss-reactive ketones (excluding diaryl/α,β-unsaturated/α-hetero) is 1. The van der Waals surface area contributed by atoms with Crippen molar-refractivity contribution >= 4 is 11.5 Å². The Balaban J connectivity index is 3.30. The van der Waals surface area contributed by atoms with E-state index in [1.54, 1.807) is 19.9 Å². The minimum absolute atomic E-state index is 0.0349. The van der Waals surface area contributed by atoms with E-state index in [0.717, 1.165) is 0 Å². The molecule has 0 saturated carbocycles. The molecule has 1 aromatic carbocycles. The molecule has 0 aliphatic rings. The third-order valence-corrected chi connectivity index (χ3v) is 3.56. The average molecular weight is 281 g/mol.